The van der Waals surface area contributed by atoms with Gasteiger partial charge in [-0.15, -0.1) is 0 Å². The van der Waals surface area contributed by atoms with Crippen LogP contribution in [0.4, 0.5) is 21.7 Å². The number of pyridine rings is 1. The third-order valence-corrected chi connectivity index (χ3v) is 7.85. The molecule has 1 aliphatic rings. The maximum Gasteiger partial charge on any atom is 0.232 e. The molecule has 0 bridgehead atoms. The normalized spacial score (nSPS) is 14.0. The van der Waals surface area contributed by atoms with Gasteiger partial charge in [-0.2, -0.15) is 0 Å². The number of anilines is 3. The van der Waals surface area contributed by atoms with E-state index < -0.39 is 15.8 Å². The van der Waals surface area contributed by atoms with Gasteiger partial charge in [-0.05, 0) is 42.3 Å². The lowest BCUT2D eigenvalue weighted by atomic mass is 10.0. The van der Waals surface area contributed by atoms with Crippen molar-refractivity contribution in [2.24, 2.45) is 0 Å². The first-order valence-corrected chi connectivity index (χ1v) is 14.2. The highest BCUT2D eigenvalue weighted by atomic mass is 32.2. The van der Waals surface area contributed by atoms with Gasteiger partial charge in [0.05, 0.1) is 31.8 Å². The molecule has 2 aromatic carbocycles. The van der Waals surface area contributed by atoms with Gasteiger partial charge < -0.3 is 20.1 Å². The first kappa shape index (κ1) is 26.6. The number of nitrogen functional groups attached to an aromatic ring is 1. The number of fused-ring (bicyclic) bond motifs is 1. The number of sulfonamides is 1. The highest BCUT2D eigenvalue weighted by Crippen LogP contribution is 2.39. The van der Waals surface area contributed by atoms with E-state index in [0.717, 1.165) is 0 Å². The van der Waals surface area contributed by atoms with Crippen molar-refractivity contribution in [3.8, 4) is 28.3 Å². The van der Waals surface area contributed by atoms with E-state index in [1.807, 2.05) is 0 Å². The Morgan fingerprint density at radius 3 is 2.62 bits per heavy atom. The maximum atomic E-state index is 15.7. The first-order chi connectivity index (χ1) is 18.8. The molecule has 12 heteroatoms. The molecule has 0 aliphatic carbocycles. The number of hydrogen-bond donors (Lipinski definition) is 2. The van der Waals surface area contributed by atoms with Crippen LogP contribution in [0.15, 0.2) is 48.7 Å². The second-order valence-electron chi connectivity index (χ2n) is 9.10. The maximum absolute atomic E-state index is 15.7. The van der Waals surface area contributed by atoms with Gasteiger partial charge in [0.1, 0.15) is 22.9 Å². The number of halogens is 1. The molecule has 1 fully saturated rings. The van der Waals surface area contributed by atoms with Crippen LogP contribution >= 0.6 is 0 Å². The average Bonchev–Trinajstić information content (AvgIpc) is 2.93. The Labute approximate surface area is 226 Å². The molecular weight excluding hydrogens is 523 g/mol. The number of morpholine rings is 1. The molecule has 0 spiro atoms. The van der Waals surface area contributed by atoms with Crippen LogP contribution in [0.25, 0.3) is 33.4 Å². The summed E-state index contributed by atoms with van der Waals surface area (Å²) in [5.74, 6) is 1.11. The number of nitrogens with zero attached hydrogens (tertiary/aromatic N) is 4. The van der Waals surface area contributed by atoms with Crippen molar-refractivity contribution >= 4 is 38.2 Å². The molecule has 39 heavy (non-hydrogen) atoms. The van der Waals surface area contributed by atoms with Gasteiger partial charge in [-0.25, -0.2) is 27.8 Å². The van der Waals surface area contributed by atoms with Crippen molar-refractivity contribution in [1.82, 2.24) is 15.0 Å². The quantitative estimate of drug-likeness (QED) is 0.332. The van der Waals surface area contributed by atoms with Crippen LogP contribution in [0.5, 0.6) is 5.75 Å². The molecule has 204 valence electrons. The summed E-state index contributed by atoms with van der Waals surface area (Å²) in [6.07, 6.45) is 2.03. The lowest BCUT2D eigenvalue weighted by molar-refractivity contribution is 0.122. The number of nitrogens with two attached hydrogens (primary N) is 1. The van der Waals surface area contributed by atoms with Gasteiger partial charge in [0.2, 0.25) is 10.0 Å². The minimum atomic E-state index is -3.67. The van der Waals surface area contributed by atoms with Crippen molar-refractivity contribution in [1.29, 1.82) is 0 Å². The smallest absolute Gasteiger partial charge is 0.232 e. The fourth-order valence-electron chi connectivity index (χ4n) is 4.50. The summed E-state index contributed by atoms with van der Waals surface area (Å²) in [7, 11) is -2.16. The Kier molecular flexibility index (Phi) is 7.49. The summed E-state index contributed by atoms with van der Waals surface area (Å²) in [4.78, 5) is 15.9. The van der Waals surface area contributed by atoms with Crippen molar-refractivity contribution < 1.29 is 22.3 Å². The molecule has 0 radical (unpaired) electrons. The fraction of sp³-hybridized carbons (Fsp3) is 0.296. The van der Waals surface area contributed by atoms with Crippen molar-refractivity contribution in [2.45, 2.75) is 13.3 Å². The lowest BCUT2D eigenvalue weighted by Gasteiger charge is -2.29. The molecular formula is C27H29FN6O4S. The standard InChI is InChI=1S/C27H29FN6O4S/c1-3-13-39(35,36)33-21-6-4-5-19(24(21)28)18-14-20-25(22(15-18)37-2)31-26(17-7-8-23(29)30-16-17)32-27(20)34-9-11-38-12-10-34/h4-8,14-16,33H,3,9-13H2,1-2H3,(H2,29,30). The summed E-state index contributed by atoms with van der Waals surface area (Å²) in [5, 5.41) is 0.662. The van der Waals surface area contributed by atoms with Crippen LogP contribution < -0.4 is 20.1 Å². The number of hydrogen-bond acceptors (Lipinski definition) is 9. The summed E-state index contributed by atoms with van der Waals surface area (Å²) in [6.45, 7) is 4.05. The SMILES string of the molecule is CCCS(=O)(=O)Nc1cccc(-c2cc(OC)c3nc(-c4ccc(N)nc4)nc(N4CCOCC4)c3c2)c1F. The number of benzene rings is 2. The van der Waals surface area contributed by atoms with E-state index in [2.05, 4.69) is 14.6 Å². The molecule has 0 saturated carbocycles. The largest absolute Gasteiger partial charge is 0.494 e. The summed E-state index contributed by atoms with van der Waals surface area (Å²) in [6, 6.07) is 11.6. The van der Waals surface area contributed by atoms with Gasteiger partial charge in [-0.3, -0.25) is 4.72 Å². The van der Waals surface area contributed by atoms with Crippen LogP contribution in [0.1, 0.15) is 13.3 Å². The van der Waals surface area contributed by atoms with E-state index in [9.17, 15) is 8.42 Å². The predicted octanol–water partition coefficient (Wildman–Crippen LogP) is 4.08. The zero-order valence-corrected chi connectivity index (χ0v) is 22.5. The van der Waals surface area contributed by atoms with E-state index in [0.29, 0.717) is 78.0 Å². The third kappa shape index (κ3) is 5.57. The van der Waals surface area contributed by atoms with Crippen LogP contribution in [0.2, 0.25) is 0 Å². The topological polar surface area (TPSA) is 133 Å². The van der Waals surface area contributed by atoms with E-state index in [1.54, 1.807) is 49.5 Å². The van der Waals surface area contributed by atoms with Crippen molar-refractivity contribution in [2.75, 3.05) is 54.5 Å². The lowest BCUT2D eigenvalue weighted by Crippen LogP contribution is -2.37. The van der Waals surface area contributed by atoms with Gasteiger partial charge in [0, 0.05) is 35.8 Å². The van der Waals surface area contributed by atoms with Crippen LogP contribution in [-0.4, -0.2) is 62.5 Å². The predicted molar refractivity (Wildman–Crippen MR) is 150 cm³/mol. The van der Waals surface area contributed by atoms with Crippen LogP contribution in [-0.2, 0) is 14.8 Å². The monoisotopic (exact) mass is 552 g/mol. The number of rotatable bonds is 8. The molecule has 1 saturated heterocycles. The van der Waals surface area contributed by atoms with Gasteiger partial charge in [-0.1, -0.05) is 19.1 Å². The zero-order chi connectivity index (χ0) is 27.6. The Hall–Kier alpha value is -4.03. The third-order valence-electron chi connectivity index (χ3n) is 6.37. The summed E-state index contributed by atoms with van der Waals surface area (Å²) >= 11 is 0. The minimum absolute atomic E-state index is 0.105. The number of methoxy groups -OCH3 is 1. The Morgan fingerprint density at radius 2 is 1.92 bits per heavy atom. The van der Waals surface area contributed by atoms with Crippen LogP contribution in [0, 0.1) is 5.82 Å². The first-order valence-electron chi connectivity index (χ1n) is 12.5. The molecule has 0 unspecified atom stereocenters. The van der Waals surface area contributed by atoms with E-state index in [-0.39, 0.29) is 17.0 Å². The van der Waals surface area contributed by atoms with E-state index >= 15 is 4.39 Å². The summed E-state index contributed by atoms with van der Waals surface area (Å²) in [5.41, 5.74) is 7.59. The minimum Gasteiger partial charge on any atom is -0.494 e. The van der Waals surface area contributed by atoms with Gasteiger partial charge in [0.15, 0.2) is 11.6 Å². The molecule has 1 aliphatic heterocycles. The number of ether oxygens (including phenoxy) is 2. The average molecular weight is 553 g/mol. The molecule has 3 N–H and O–H groups in total. The fourth-order valence-corrected chi connectivity index (χ4v) is 5.63. The molecule has 2 aromatic heterocycles. The second kappa shape index (κ2) is 11.0. The Balaban J connectivity index is 1.69. The highest BCUT2D eigenvalue weighted by Gasteiger charge is 2.23. The molecule has 4 aromatic rings. The molecule has 5 rings (SSSR count). The molecule has 10 nitrogen and oxygen atoms in total. The second-order valence-corrected chi connectivity index (χ2v) is 10.9. The van der Waals surface area contributed by atoms with Gasteiger partial charge >= 0.3 is 0 Å². The Morgan fingerprint density at radius 1 is 1.13 bits per heavy atom. The molecule has 0 amide bonds. The van der Waals surface area contributed by atoms with Crippen molar-refractivity contribution in [3.63, 3.8) is 0 Å². The molecule has 0 atom stereocenters. The van der Waals surface area contributed by atoms with E-state index in [4.69, 9.17) is 25.2 Å². The summed E-state index contributed by atoms with van der Waals surface area (Å²) < 4.78 is 54.0. The zero-order valence-electron chi connectivity index (χ0n) is 21.6. The highest BCUT2D eigenvalue weighted by molar-refractivity contribution is 7.92. The number of nitrogens with one attached hydrogen (secondary N) is 1. The van der Waals surface area contributed by atoms with Gasteiger partial charge in [0.25, 0.3) is 0 Å². The van der Waals surface area contributed by atoms with E-state index in [1.165, 1.54) is 13.2 Å². The Bertz CT molecular complexity index is 1610. The molecule has 3 heterocycles. The van der Waals surface area contributed by atoms with Crippen molar-refractivity contribution in [3.05, 3.63) is 54.5 Å². The van der Waals surface area contributed by atoms with Crippen LogP contribution in [0.3, 0.4) is 0 Å². The number of aromatic nitrogens is 3.